The van der Waals surface area contributed by atoms with Crippen molar-refractivity contribution in [2.45, 2.75) is 0 Å². The zero-order chi connectivity index (χ0) is 19.8. The second-order valence-corrected chi connectivity index (χ2v) is 6.69. The maximum Gasteiger partial charge on any atom is 0.221 e. The summed E-state index contributed by atoms with van der Waals surface area (Å²) in [5.41, 5.74) is 9.45. The lowest BCUT2D eigenvalue weighted by Crippen LogP contribution is -1.98. The summed E-state index contributed by atoms with van der Waals surface area (Å²) < 4.78 is 5.31. The van der Waals surface area contributed by atoms with E-state index in [1.807, 2.05) is 30.3 Å². The molecule has 2 aromatic heterocycles. The molecule has 0 saturated carbocycles. The summed E-state index contributed by atoms with van der Waals surface area (Å²) in [6, 6.07) is 20.1. The Kier molecular flexibility index (Phi) is 3.98. The summed E-state index contributed by atoms with van der Waals surface area (Å²) >= 11 is 0. The van der Waals surface area contributed by atoms with E-state index >= 15 is 0 Å². The number of aromatic nitrogens is 4. The van der Waals surface area contributed by atoms with Crippen LogP contribution in [0.25, 0.3) is 32.9 Å². The van der Waals surface area contributed by atoms with Crippen molar-refractivity contribution in [1.82, 2.24) is 20.2 Å². The van der Waals surface area contributed by atoms with E-state index in [1.165, 1.54) is 0 Å². The van der Waals surface area contributed by atoms with Gasteiger partial charge in [-0.15, -0.1) is 0 Å². The molecule has 5 aromatic rings. The lowest BCUT2D eigenvalue weighted by molar-refractivity contribution is 0.415. The molecule has 0 bridgehead atoms. The van der Waals surface area contributed by atoms with Crippen molar-refractivity contribution in [3.63, 3.8) is 0 Å². The van der Waals surface area contributed by atoms with Gasteiger partial charge in [0.2, 0.25) is 5.95 Å². The summed E-state index contributed by atoms with van der Waals surface area (Å²) in [5, 5.41) is 14.2. The van der Waals surface area contributed by atoms with Crippen LogP contribution in [0.5, 0.6) is 5.75 Å². The molecule has 142 valence electrons. The van der Waals surface area contributed by atoms with E-state index in [1.54, 1.807) is 19.4 Å². The minimum atomic E-state index is 0.230. The van der Waals surface area contributed by atoms with Gasteiger partial charge in [0.15, 0.2) is 0 Å². The van der Waals surface area contributed by atoms with Crippen LogP contribution in [0.4, 0.5) is 17.5 Å². The number of anilines is 3. The van der Waals surface area contributed by atoms with Crippen LogP contribution in [0, 0.1) is 0 Å². The van der Waals surface area contributed by atoms with E-state index in [9.17, 15) is 0 Å². The van der Waals surface area contributed by atoms with Crippen molar-refractivity contribution in [2.24, 2.45) is 0 Å². The number of hydrogen-bond donors (Lipinski definition) is 3. The molecule has 0 atom stereocenters. The average Bonchev–Trinajstić information content (AvgIpc) is 3.16. The van der Waals surface area contributed by atoms with Crippen molar-refractivity contribution >= 4 is 39.1 Å². The number of nitrogen functional groups attached to an aromatic ring is 1. The number of hydrogen-bond acceptors (Lipinski definition) is 6. The molecular formula is C22H18N6O. The number of aromatic amines is 1. The fourth-order valence-corrected chi connectivity index (χ4v) is 3.40. The van der Waals surface area contributed by atoms with Gasteiger partial charge in [0.1, 0.15) is 11.6 Å². The van der Waals surface area contributed by atoms with E-state index < -0.39 is 0 Å². The first kappa shape index (κ1) is 17.0. The van der Waals surface area contributed by atoms with Gasteiger partial charge < -0.3 is 15.8 Å². The predicted octanol–water partition coefficient (Wildman–Crippen LogP) is 4.51. The summed E-state index contributed by atoms with van der Waals surface area (Å²) in [6.45, 7) is 0. The van der Waals surface area contributed by atoms with Crippen LogP contribution in [0.1, 0.15) is 0 Å². The molecule has 29 heavy (non-hydrogen) atoms. The molecule has 4 N–H and O–H groups in total. The number of nitrogens with zero attached hydrogens (tertiary/aromatic N) is 3. The molecule has 0 aliphatic carbocycles. The van der Waals surface area contributed by atoms with Gasteiger partial charge in [0.25, 0.3) is 0 Å². The zero-order valence-electron chi connectivity index (χ0n) is 15.7. The largest absolute Gasteiger partial charge is 0.497 e. The van der Waals surface area contributed by atoms with Crippen LogP contribution < -0.4 is 15.8 Å². The molecule has 5 rings (SSSR count). The van der Waals surface area contributed by atoms with Crippen LogP contribution >= 0.6 is 0 Å². The van der Waals surface area contributed by atoms with Crippen LogP contribution in [-0.2, 0) is 0 Å². The maximum atomic E-state index is 5.66. The second-order valence-electron chi connectivity index (χ2n) is 6.69. The molecule has 3 aromatic carbocycles. The van der Waals surface area contributed by atoms with Gasteiger partial charge in [-0.05, 0) is 53.2 Å². The van der Waals surface area contributed by atoms with E-state index in [4.69, 9.17) is 10.5 Å². The third-order valence-electron chi connectivity index (χ3n) is 4.83. The van der Waals surface area contributed by atoms with Gasteiger partial charge in [-0.3, -0.25) is 5.10 Å². The molecule has 0 aliphatic heterocycles. The smallest absolute Gasteiger partial charge is 0.221 e. The molecule has 0 unspecified atom stereocenters. The third-order valence-corrected chi connectivity index (χ3v) is 4.83. The van der Waals surface area contributed by atoms with Gasteiger partial charge in [-0.2, -0.15) is 10.1 Å². The van der Waals surface area contributed by atoms with Crippen molar-refractivity contribution < 1.29 is 4.74 Å². The van der Waals surface area contributed by atoms with Crippen LogP contribution in [0.3, 0.4) is 0 Å². The fourth-order valence-electron chi connectivity index (χ4n) is 3.40. The number of methoxy groups -OCH3 is 1. The topological polar surface area (TPSA) is 102 Å². The monoisotopic (exact) mass is 382 g/mol. The van der Waals surface area contributed by atoms with Crippen LogP contribution in [0.15, 0.2) is 66.9 Å². The normalized spacial score (nSPS) is 11.1. The first-order chi connectivity index (χ1) is 14.2. The number of nitrogens with one attached hydrogen (secondary N) is 2. The van der Waals surface area contributed by atoms with Crippen LogP contribution in [0.2, 0.25) is 0 Å². The number of benzene rings is 3. The second kappa shape index (κ2) is 6.79. The van der Waals surface area contributed by atoms with E-state index in [-0.39, 0.29) is 5.95 Å². The SMILES string of the molecule is COc1ccc2cc(-c3n[nH]c4ccc(Nc5ccnc(N)n5)cc34)ccc2c1. The number of ether oxygens (including phenoxy) is 1. The summed E-state index contributed by atoms with van der Waals surface area (Å²) in [7, 11) is 1.67. The Labute approximate surface area is 166 Å². The van der Waals surface area contributed by atoms with Crippen molar-refractivity contribution in [2.75, 3.05) is 18.2 Å². The molecule has 0 radical (unpaired) electrons. The maximum absolute atomic E-state index is 5.66. The molecule has 0 saturated heterocycles. The number of H-pyrrole nitrogens is 1. The zero-order valence-corrected chi connectivity index (χ0v) is 15.7. The number of rotatable bonds is 4. The van der Waals surface area contributed by atoms with E-state index in [0.717, 1.165) is 44.4 Å². The lowest BCUT2D eigenvalue weighted by Gasteiger charge is -2.07. The minimum Gasteiger partial charge on any atom is -0.497 e. The predicted molar refractivity (Wildman–Crippen MR) is 115 cm³/mol. The Morgan fingerprint density at radius 1 is 0.966 bits per heavy atom. The van der Waals surface area contributed by atoms with Gasteiger partial charge in [0, 0.05) is 22.8 Å². The van der Waals surface area contributed by atoms with Crippen molar-refractivity contribution in [3.8, 4) is 17.0 Å². The van der Waals surface area contributed by atoms with Gasteiger partial charge in [0.05, 0.1) is 18.3 Å². The first-order valence-corrected chi connectivity index (χ1v) is 9.11. The highest BCUT2D eigenvalue weighted by Crippen LogP contribution is 2.32. The molecule has 0 aliphatic rings. The molecule has 0 amide bonds. The summed E-state index contributed by atoms with van der Waals surface area (Å²) in [6.07, 6.45) is 1.62. The Balaban J connectivity index is 1.55. The summed E-state index contributed by atoms with van der Waals surface area (Å²) in [4.78, 5) is 8.10. The highest BCUT2D eigenvalue weighted by Gasteiger charge is 2.10. The first-order valence-electron chi connectivity index (χ1n) is 9.11. The number of fused-ring (bicyclic) bond motifs is 2. The molecule has 2 heterocycles. The lowest BCUT2D eigenvalue weighted by atomic mass is 10.0. The molecule has 0 spiro atoms. The highest BCUT2D eigenvalue weighted by atomic mass is 16.5. The standard InChI is InChI=1S/C22H18N6O/c1-29-17-6-4-13-10-15(3-2-14(13)11-17)21-18-12-16(5-7-19(18)27-28-21)25-20-8-9-24-22(23)26-20/h2-12H,1H3,(H,27,28)(H3,23,24,25,26). The quantitative estimate of drug-likeness (QED) is 0.423. The number of nitrogens with two attached hydrogens (primary N) is 1. The summed E-state index contributed by atoms with van der Waals surface area (Å²) in [5.74, 6) is 1.71. The third kappa shape index (κ3) is 3.19. The highest BCUT2D eigenvalue weighted by molar-refractivity contribution is 5.97. The van der Waals surface area contributed by atoms with E-state index in [2.05, 4.69) is 49.7 Å². The molecular weight excluding hydrogens is 364 g/mol. The Hall–Kier alpha value is -4.13. The van der Waals surface area contributed by atoms with Gasteiger partial charge >= 0.3 is 0 Å². The average molecular weight is 382 g/mol. The van der Waals surface area contributed by atoms with Gasteiger partial charge in [-0.1, -0.05) is 18.2 Å². The van der Waals surface area contributed by atoms with Crippen LogP contribution in [-0.4, -0.2) is 27.3 Å². The van der Waals surface area contributed by atoms with Crippen molar-refractivity contribution in [3.05, 3.63) is 66.9 Å². The molecule has 7 heteroatoms. The molecule has 7 nitrogen and oxygen atoms in total. The Morgan fingerprint density at radius 3 is 2.69 bits per heavy atom. The van der Waals surface area contributed by atoms with Crippen molar-refractivity contribution in [1.29, 1.82) is 0 Å². The Morgan fingerprint density at radius 2 is 1.83 bits per heavy atom. The van der Waals surface area contributed by atoms with E-state index in [0.29, 0.717) is 5.82 Å². The van der Waals surface area contributed by atoms with Gasteiger partial charge in [-0.25, -0.2) is 4.98 Å². The molecule has 0 fully saturated rings. The fraction of sp³-hybridized carbons (Fsp3) is 0.0455. The minimum absolute atomic E-state index is 0.230. The Bertz CT molecular complexity index is 1340.